The first-order chi connectivity index (χ1) is 6.75. The highest BCUT2D eigenvalue weighted by molar-refractivity contribution is 14.1. The lowest BCUT2D eigenvalue weighted by Crippen LogP contribution is -2.13. The summed E-state index contributed by atoms with van der Waals surface area (Å²) in [4.78, 5) is 11.1. The summed E-state index contributed by atoms with van der Waals surface area (Å²) in [5.74, 6) is -1.64. The molecule has 0 heterocycles. The molecule has 82 valence electrons. The van der Waals surface area contributed by atoms with Crippen molar-refractivity contribution in [1.82, 2.24) is 0 Å². The second-order valence-electron chi connectivity index (χ2n) is 2.87. The molecule has 1 N–H and O–H groups in total. The topological polar surface area (TPSA) is 37.3 Å². The van der Waals surface area contributed by atoms with Gasteiger partial charge in [-0.2, -0.15) is 13.2 Å². The van der Waals surface area contributed by atoms with Crippen molar-refractivity contribution >= 4 is 28.4 Å². The summed E-state index contributed by atoms with van der Waals surface area (Å²) in [6.45, 7) is 1.03. The molecule has 0 spiro atoms. The smallest absolute Gasteiger partial charge is 0.420 e. The first-order valence-corrected chi connectivity index (χ1v) is 4.92. The zero-order valence-corrected chi connectivity index (χ0v) is 9.68. The molecule has 0 aromatic heterocycles. The summed E-state index contributed by atoms with van der Waals surface area (Å²) in [5, 5.41) is 9.12. The second kappa shape index (κ2) is 3.99. The standard InChI is InChI=1S/C9H6F3IO2/c1-4(14)7-5(13)2-3-6(15)8(7)9(10,11)12/h2-3,15H,1H3. The highest BCUT2D eigenvalue weighted by Gasteiger charge is 2.38. The van der Waals surface area contributed by atoms with Gasteiger partial charge in [-0.3, -0.25) is 4.79 Å². The van der Waals surface area contributed by atoms with Crippen molar-refractivity contribution in [2.75, 3.05) is 0 Å². The third-order valence-electron chi connectivity index (χ3n) is 1.77. The van der Waals surface area contributed by atoms with E-state index in [2.05, 4.69) is 0 Å². The van der Waals surface area contributed by atoms with Crippen LogP contribution in [0.2, 0.25) is 0 Å². The number of carbonyl (C=O) groups excluding carboxylic acids is 1. The molecular weight excluding hydrogens is 324 g/mol. The van der Waals surface area contributed by atoms with Crippen LogP contribution in [0.3, 0.4) is 0 Å². The predicted molar refractivity (Wildman–Crippen MR) is 55.8 cm³/mol. The first kappa shape index (κ1) is 12.3. The van der Waals surface area contributed by atoms with Crippen molar-refractivity contribution in [3.8, 4) is 5.75 Å². The molecule has 0 radical (unpaired) electrons. The van der Waals surface area contributed by atoms with Gasteiger partial charge in [-0.25, -0.2) is 0 Å². The summed E-state index contributed by atoms with van der Waals surface area (Å²) < 4.78 is 37.8. The highest BCUT2D eigenvalue weighted by Crippen LogP contribution is 2.39. The van der Waals surface area contributed by atoms with Crippen LogP contribution in [-0.2, 0) is 6.18 Å². The molecule has 0 aliphatic carbocycles. The number of rotatable bonds is 1. The minimum atomic E-state index is -4.73. The van der Waals surface area contributed by atoms with Crippen LogP contribution < -0.4 is 0 Å². The van der Waals surface area contributed by atoms with Crippen LogP contribution in [0.15, 0.2) is 12.1 Å². The first-order valence-electron chi connectivity index (χ1n) is 3.84. The Bertz CT molecular complexity index is 413. The lowest BCUT2D eigenvalue weighted by molar-refractivity contribution is -0.139. The van der Waals surface area contributed by atoms with Gasteiger partial charge in [0.25, 0.3) is 0 Å². The van der Waals surface area contributed by atoms with Crippen molar-refractivity contribution in [2.24, 2.45) is 0 Å². The van der Waals surface area contributed by atoms with E-state index in [1.807, 2.05) is 0 Å². The van der Waals surface area contributed by atoms with Crippen molar-refractivity contribution in [3.05, 3.63) is 26.8 Å². The van der Waals surface area contributed by atoms with E-state index in [4.69, 9.17) is 5.11 Å². The van der Waals surface area contributed by atoms with Gasteiger partial charge in [0.1, 0.15) is 11.3 Å². The predicted octanol–water partition coefficient (Wildman–Crippen LogP) is 3.22. The molecule has 1 aromatic carbocycles. The zero-order valence-electron chi connectivity index (χ0n) is 7.52. The van der Waals surface area contributed by atoms with Crippen LogP contribution in [0.5, 0.6) is 5.75 Å². The lowest BCUT2D eigenvalue weighted by Gasteiger charge is -2.13. The molecule has 0 aliphatic rings. The van der Waals surface area contributed by atoms with Crippen molar-refractivity contribution < 1.29 is 23.1 Å². The second-order valence-corrected chi connectivity index (χ2v) is 4.03. The molecule has 0 saturated heterocycles. The van der Waals surface area contributed by atoms with Crippen molar-refractivity contribution in [2.45, 2.75) is 13.1 Å². The Hall–Kier alpha value is -0.790. The van der Waals surface area contributed by atoms with E-state index in [9.17, 15) is 18.0 Å². The van der Waals surface area contributed by atoms with Gasteiger partial charge in [0.15, 0.2) is 5.78 Å². The van der Waals surface area contributed by atoms with E-state index in [0.29, 0.717) is 0 Å². The Labute approximate surface area is 97.2 Å². The molecular formula is C9H6F3IO2. The quantitative estimate of drug-likeness (QED) is 0.634. The zero-order chi connectivity index (χ0) is 11.8. The molecule has 0 saturated carbocycles. The van der Waals surface area contributed by atoms with Crippen molar-refractivity contribution in [1.29, 1.82) is 0 Å². The summed E-state index contributed by atoms with van der Waals surface area (Å²) in [6, 6.07) is 2.19. The van der Waals surface area contributed by atoms with Crippen LogP contribution in [-0.4, -0.2) is 10.9 Å². The molecule has 0 atom stereocenters. The molecule has 0 bridgehead atoms. The van der Waals surface area contributed by atoms with Crippen LogP contribution in [0.4, 0.5) is 13.2 Å². The summed E-state index contributed by atoms with van der Waals surface area (Å²) in [5.41, 5.74) is -1.75. The summed E-state index contributed by atoms with van der Waals surface area (Å²) in [7, 11) is 0. The lowest BCUT2D eigenvalue weighted by atomic mass is 10.0. The van der Waals surface area contributed by atoms with Gasteiger partial charge in [-0.1, -0.05) is 0 Å². The SMILES string of the molecule is CC(=O)c1c(I)ccc(O)c1C(F)(F)F. The summed E-state index contributed by atoms with van der Waals surface area (Å²) >= 11 is 1.63. The normalized spacial score (nSPS) is 11.5. The third-order valence-corrected chi connectivity index (χ3v) is 2.67. The number of hydrogen-bond acceptors (Lipinski definition) is 2. The maximum absolute atomic E-state index is 12.5. The van der Waals surface area contributed by atoms with E-state index >= 15 is 0 Å². The molecule has 1 aromatic rings. The maximum Gasteiger partial charge on any atom is 0.420 e. The van der Waals surface area contributed by atoms with Crippen LogP contribution in [0, 0.1) is 3.57 Å². The number of phenols is 1. The number of hydrogen-bond donors (Lipinski definition) is 1. The number of phenolic OH excluding ortho intramolecular Hbond substituents is 1. The Morgan fingerprint density at radius 2 is 1.93 bits per heavy atom. The van der Waals surface area contributed by atoms with Gasteiger partial charge < -0.3 is 5.11 Å². The fourth-order valence-corrected chi connectivity index (χ4v) is 2.03. The average molecular weight is 330 g/mol. The van der Waals surface area contributed by atoms with Crippen LogP contribution in [0.1, 0.15) is 22.8 Å². The van der Waals surface area contributed by atoms with Gasteiger partial charge in [-0.15, -0.1) is 0 Å². The molecule has 0 aliphatic heterocycles. The van der Waals surface area contributed by atoms with E-state index in [1.165, 1.54) is 6.07 Å². The molecule has 0 fully saturated rings. The summed E-state index contributed by atoms with van der Waals surface area (Å²) in [6.07, 6.45) is -4.73. The van der Waals surface area contributed by atoms with E-state index in [1.54, 1.807) is 22.6 Å². The van der Waals surface area contributed by atoms with E-state index < -0.39 is 28.8 Å². The molecule has 1 rings (SSSR count). The molecule has 0 amide bonds. The number of ketones is 1. The minimum absolute atomic E-state index is 0.172. The number of aromatic hydroxyl groups is 1. The van der Waals surface area contributed by atoms with Gasteiger partial charge in [0.2, 0.25) is 0 Å². The fraction of sp³-hybridized carbons (Fsp3) is 0.222. The number of Topliss-reactive ketones (excluding diaryl/α,β-unsaturated/α-hetero) is 1. The van der Waals surface area contributed by atoms with E-state index in [-0.39, 0.29) is 3.57 Å². The van der Waals surface area contributed by atoms with Crippen LogP contribution in [0.25, 0.3) is 0 Å². The number of halogens is 4. The monoisotopic (exact) mass is 330 g/mol. The molecule has 15 heavy (non-hydrogen) atoms. The molecule has 6 heteroatoms. The van der Waals surface area contributed by atoms with Crippen LogP contribution >= 0.6 is 22.6 Å². The van der Waals surface area contributed by atoms with Gasteiger partial charge >= 0.3 is 6.18 Å². The van der Waals surface area contributed by atoms with Gasteiger partial charge in [-0.05, 0) is 41.6 Å². The van der Waals surface area contributed by atoms with Crippen molar-refractivity contribution in [3.63, 3.8) is 0 Å². The number of benzene rings is 1. The Balaban J connectivity index is 3.60. The minimum Gasteiger partial charge on any atom is -0.507 e. The van der Waals surface area contributed by atoms with Gasteiger partial charge in [0, 0.05) is 9.13 Å². The Morgan fingerprint density at radius 3 is 2.27 bits per heavy atom. The molecule has 0 unspecified atom stereocenters. The Morgan fingerprint density at radius 1 is 1.40 bits per heavy atom. The largest absolute Gasteiger partial charge is 0.507 e. The highest BCUT2D eigenvalue weighted by atomic mass is 127. The third kappa shape index (κ3) is 2.42. The molecule has 2 nitrogen and oxygen atoms in total. The fourth-order valence-electron chi connectivity index (χ4n) is 1.20. The Kier molecular flexibility index (Phi) is 3.27. The maximum atomic E-state index is 12.5. The average Bonchev–Trinajstić information content (AvgIpc) is 2.05. The van der Waals surface area contributed by atoms with Gasteiger partial charge in [0.05, 0.1) is 0 Å². The number of carbonyl (C=O) groups is 1. The van der Waals surface area contributed by atoms with E-state index in [0.717, 1.165) is 13.0 Å². The number of alkyl halides is 3.